The maximum absolute atomic E-state index is 13.0. The van der Waals surface area contributed by atoms with Gasteiger partial charge in [0.2, 0.25) is 0 Å². The van der Waals surface area contributed by atoms with Crippen LogP contribution in [-0.4, -0.2) is 33.8 Å². The highest BCUT2D eigenvalue weighted by atomic mass is 32.1. The minimum absolute atomic E-state index is 0.164. The molecule has 7 unspecified atom stereocenters. The summed E-state index contributed by atoms with van der Waals surface area (Å²) in [6.07, 6.45) is 10.9. The first-order valence-electron chi connectivity index (χ1n) is 14.5. The molecule has 0 spiro atoms. The smallest absolute Gasteiger partial charge is 0.390 e. The zero-order valence-corrected chi connectivity index (χ0v) is 25.2. The van der Waals surface area contributed by atoms with E-state index in [9.17, 15) is 23.4 Å². The summed E-state index contributed by atoms with van der Waals surface area (Å²) in [6, 6.07) is 12.0. The predicted octanol–water partition coefficient (Wildman–Crippen LogP) is 8.81. The Balaban J connectivity index is 0.000000457. The van der Waals surface area contributed by atoms with Crippen molar-refractivity contribution < 1.29 is 23.4 Å². The van der Waals surface area contributed by atoms with Crippen molar-refractivity contribution in [3.63, 3.8) is 0 Å². The number of halogens is 3. The fourth-order valence-electron chi connectivity index (χ4n) is 8.24. The Hall–Kier alpha value is -1.24. The van der Waals surface area contributed by atoms with Crippen molar-refractivity contribution in [2.24, 2.45) is 34.5 Å². The Morgan fingerprint density at radius 1 is 0.923 bits per heavy atom. The second kappa shape index (κ2) is 12.3. The SMILES string of the molecule is CC12CC[C@](C)(O)CC1=CCC1C2CCC2(C)C(C/C=C/C(C)(O)C(F)(F)F)CCC12.CS.c1ccccc1. The Morgan fingerprint density at radius 2 is 1.51 bits per heavy atom. The van der Waals surface area contributed by atoms with Gasteiger partial charge in [-0.05, 0) is 118 Å². The lowest BCUT2D eigenvalue weighted by atomic mass is 9.46. The van der Waals surface area contributed by atoms with Crippen LogP contribution in [-0.2, 0) is 0 Å². The Labute approximate surface area is 239 Å². The van der Waals surface area contributed by atoms with Crippen molar-refractivity contribution >= 4 is 12.6 Å². The van der Waals surface area contributed by atoms with Gasteiger partial charge in [0.1, 0.15) is 0 Å². The molecule has 4 aliphatic carbocycles. The van der Waals surface area contributed by atoms with Crippen LogP contribution in [0.15, 0.2) is 60.2 Å². The Kier molecular flexibility index (Phi) is 10.2. The summed E-state index contributed by atoms with van der Waals surface area (Å²) in [5, 5.41) is 20.3. The molecule has 5 rings (SSSR count). The highest BCUT2D eigenvalue weighted by Gasteiger charge is 2.59. The van der Waals surface area contributed by atoms with E-state index in [2.05, 4.69) is 32.6 Å². The number of fused-ring (bicyclic) bond motifs is 5. The first-order chi connectivity index (χ1) is 18.2. The monoisotopic (exact) mass is 566 g/mol. The molecule has 2 N–H and O–H groups in total. The maximum atomic E-state index is 13.0. The molecule has 6 heteroatoms. The quantitative estimate of drug-likeness (QED) is 0.253. The molecule has 0 radical (unpaired) electrons. The van der Waals surface area contributed by atoms with Crippen molar-refractivity contribution in [3.05, 3.63) is 60.2 Å². The van der Waals surface area contributed by atoms with Crippen molar-refractivity contribution in [3.8, 4) is 0 Å². The van der Waals surface area contributed by atoms with Crippen LogP contribution in [0.2, 0.25) is 0 Å². The number of hydrogen-bond donors (Lipinski definition) is 3. The summed E-state index contributed by atoms with van der Waals surface area (Å²) in [4.78, 5) is 0. The van der Waals surface area contributed by atoms with E-state index in [-0.39, 0.29) is 10.8 Å². The van der Waals surface area contributed by atoms with Crippen LogP contribution in [0.3, 0.4) is 0 Å². The molecule has 0 bridgehead atoms. The van der Waals surface area contributed by atoms with Crippen LogP contribution in [0, 0.1) is 34.5 Å². The summed E-state index contributed by atoms with van der Waals surface area (Å²) >= 11 is 3.53. The number of alkyl halides is 3. The van der Waals surface area contributed by atoms with Gasteiger partial charge in [-0.15, -0.1) is 0 Å². The summed E-state index contributed by atoms with van der Waals surface area (Å²) in [5.74, 6) is 2.29. The fourth-order valence-corrected chi connectivity index (χ4v) is 8.24. The molecule has 1 aromatic carbocycles. The molecule has 0 amide bonds. The van der Waals surface area contributed by atoms with E-state index in [1.165, 1.54) is 12.0 Å². The molecule has 0 saturated heterocycles. The van der Waals surface area contributed by atoms with Crippen LogP contribution < -0.4 is 0 Å². The van der Waals surface area contributed by atoms with Crippen molar-refractivity contribution in [2.75, 3.05) is 6.26 Å². The summed E-state index contributed by atoms with van der Waals surface area (Å²) < 4.78 is 38.9. The molecule has 8 atom stereocenters. The zero-order valence-electron chi connectivity index (χ0n) is 24.3. The molecule has 0 heterocycles. The lowest BCUT2D eigenvalue weighted by Crippen LogP contribution is -2.51. The van der Waals surface area contributed by atoms with E-state index >= 15 is 0 Å². The number of thiol groups is 1. The van der Waals surface area contributed by atoms with Crippen LogP contribution in [0.4, 0.5) is 13.2 Å². The van der Waals surface area contributed by atoms with Gasteiger partial charge in [0, 0.05) is 0 Å². The van der Waals surface area contributed by atoms with Gasteiger partial charge in [-0.2, -0.15) is 25.8 Å². The molecule has 39 heavy (non-hydrogen) atoms. The average molecular weight is 567 g/mol. The van der Waals surface area contributed by atoms with Gasteiger partial charge in [-0.1, -0.05) is 68.0 Å². The number of rotatable bonds is 3. The van der Waals surface area contributed by atoms with Gasteiger partial charge in [0.15, 0.2) is 5.60 Å². The molecule has 0 aliphatic heterocycles. The molecule has 2 nitrogen and oxygen atoms in total. The van der Waals surface area contributed by atoms with E-state index < -0.39 is 17.4 Å². The first kappa shape index (κ1) is 32.3. The van der Waals surface area contributed by atoms with E-state index in [1.807, 2.05) is 43.3 Å². The van der Waals surface area contributed by atoms with Crippen LogP contribution in [0.1, 0.15) is 85.5 Å². The second-order valence-electron chi connectivity index (χ2n) is 13.2. The minimum Gasteiger partial charge on any atom is -0.390 e. The van der Waals surface area contributed by atoms with E-state index in [1.54, 1.807) is 12.3 Å². The van der Waals surface area contributed by atoms with Gasteiger partial charge in [-0.3, -0.25) is 0 Å². The highest BCUT2D eigenvalue weighted by Crippen LogP contribution is 2.67. The summed E-state index contributed by atoms with van der Waals surface area (Å²) in [6.45, 7) is 7.57. The largest absolute Gasteiger partial charge is 0.420 e. The Morgan fingerprint density at radius 3 is 2.08 bits per heavy atom. The average Bonchev–Trinajstić information content (AvgIpc) is 3.22. The van der Waals surface area contributed by atoms with Gasteiger partial charge >= 0.3 is 6.18 Å². The second-order valence-corrected chi connectivity index (χ2v) is 13.2. The molecule has 4 aliphatic rings. The van der Waals surface area contributed by atoms with Gasteiger partial charge in [0.05, 0.1) is 5.60 Å². The molecule has 3 saturated carbocycles. The zero-order chi connectivity index (χ0) is 29.1. The van der Waals surface area contributed by atoms with Gasteiger partial charge in [0.25, 0.3) is 0 Å². The van der Waals surface area contributed by atoms with Gasteiger partial charge in [-0.25, -0.2) is 0 Å². The van der Waals surface area contributed by atoms with Crippen molar-refractivity contribution in [1.82, 2.24) is 0 Å². The van der Waals surface area contributed by atoms with E-state index in [0.29, 0.717) is 30.1 Å². The first-order valence-corrected chi connectivity index (χ1v) is 15.4. The fraction of sp³-hybridized carbons (Fsp3) is 0.697. The normalized spacial score (nSPS) is 39.0. The number of hydrogen-bond acceptors (Lipinski definition) is 3. The molecule has 0 aromatic heterocycles. The number of benzene rings is 1. The molecular weight excluding hydrogens is 517 g/mol. The minimum atomic E-state index is -4.64. The summed E-state index contributed by atoms with van der Waals surface area (Å²) in [7, 11) is 0. The summed E-state index contributed by atoms with van der Waals surface area (Å²) in [5.41, 5.74) is -1.53. The van der Waals surface area contributed by atoms with Gasteiger partial charge < -0.3 is 10.2 Å². The van der Waals surface area contributed by atoms with Crippen molar-refractivity contribution in [1.29, 1.82) is 0 Å². The van der Waals surface area contributed by atoms with E-state index in [4.69, 9.17) is 0 Å². The van der Waals surface area contributed by atoms with Crippen LogP contribution in [0.25, 0.3) is 0 Å². The highest BCUT2D eigenvalue weighted by molar-refractivity contribution is 7.79. The van der Waals surface area contributed by atoms with Crippen molar-refractivity contribution in [2.45, 2.75) is 103 Å². The maximum Gasteiger partial charge on any atom is 0.420 e. The molecular formula is C33H49F3O2S. The predicted molar refractivity (Wildman–Crippen MR) is 158 cm³/mol. The van der Waals surface area contributed by atoms with Crippen LogP contribution in [0.5, 0.6) is 0 Å². The third-order valence-corrected chi connectivity index (χ3v) is 10.7. The molecule has 1 aromatic rings. The standard InChI is InChI=1S/C26H39F3O2.C6H6.CH4S/c1-22(30)14-15-24(3)18(16-22)7-9-19-20-10-8-17(23(20,2)13-11-21(19)24)6-5-12-25(4,31)26(27,28)29;1-2-4-6-5-3-1;1-2/h5,7,12,17,19-21,30-31H,6,8-11,13-16H2,1-4H3;1-6H;2H,1H3/b12-5+;;/t17?,19?,20?,21?,22-,23?,24?,25?;;/m0../s1. The third kappa shape index (κ3) is 6.81. The number of aliphatic hydroxyl groups is 2. The third-order valence-electron chi connectivity index (χ3n) is 10.7. The lowest BCUT2D eigenvalue weighted by molar-refractivity contribution is -0.232. The molecule has 220 valence electrons. The number of allylic oxidation sites excluding steroid dienone is 2. The topological polar surface area (TPSA) is 40.5 Å². The van der Waals surface area contributed by atoms with Crippen LogP contribution >= 0.6 is 12.6 Å². The lowest BCUT2D eigenvalue weighted by Gasteiger charge is -2.59. The molecule has 3 fully saturated rings. The van der Waals surface area contributed by atoms with E-state index in [0.717, 1.165) is 57.9 Å². The Bertz CT molecular complexity index is 960.